The fourth-order valence-corrected chi connectivity index (χ4v) is 2.60. The van der Waals surface area contributed by atoms with Crippen LogP contribution in [0, 0.1) is 12.8 Å². The van der Waals surface area contributed by atoms with E-state index in [4.69, 9.17) is 9.15 Å². The predicted molar refractivity (Wildman–Crippen MR) is 144 cm³/mol. The van der Waals surface area contributed by atoms with Crippen molar-refractivity contribution in [2.24, 2.45) is 10.9 Å². The minimum Gasteiger partial charge on any atom is -0.465 e. The number of allylic oxidation sites excluding steroid dienone is 2. The molecule has 0 atom stereocenters. The summed E-state index contributed by atoms with van der Waals surface area (Å²) in [6.07, 6.45) is 5.23. The number of rotatable bonds is 6. The van der Waals surface area contributed by atoms with Crippen molar-refractivity contribution in [1.29, 1.82) is 0 Å². The van der Waals surface area contributed by atoms with Crippen LogP contribution in [-0.2, 0) is 9.53 Å². The Hall–Kier alpha value is -3.54. The van der Waals surface area contributed by atoms with E-state index in [0.29, 0.717) is 29.0 Å². The summed E-state index contributed by atoms with van der Waals surface area (Å²) >= 11 is 0. The average molecular weight is 479 g/mol. The molecular formula is C29H38N2O4. The van der Waals surface area contributed by atoms with E-state index >= 15 is 0 Å². The van der Waals surface area contributed by atoms with Crippen LogP contribution in [0.1, 0.15) is 63.4 Å². The molecule has 0 spiro atoms. The zero-order valence-corrected chi connectivity index (χ0v) is 22.2. The molecule has 2 aromatic carbocycles. The van der Waals surface area contributed by atoms with Crippen molar-refractivity contribution in [2.45, 2.75) is 54.4 Å². The maximum atomic E-state index is 11.7. The van der Waals surface area contributed by atoms with Crippen LogP contribution in [0.25, 0.3) is 22.6 Å². The van der Waals surface area contributed by atoms with Gasteiger partial charge in [0.25, 0.3) is 0 Å². The summed E-state index contributed by atoms with van der Waals surface area (Å²) < 4.78 is 10.5. The summed E-state index contributed by atoms with van der Waals surface area (Å²) in [5.41, 5.74) is 4.30. The van der Waals surface area contributed by atoms with Crippen LogP contribution >= 0.6 is 0 Å². The molecule has 0 aliphatic heterocycles. The number of methoxy groups -OCH3 is 1. The molecule has 0 fully saturated rings. The van der Waals surface area contributed by atoms with Crippen molar-refractivity contribution >= 4 is 29.1 Å². The molecule has 0 aliphatic carbocycles. The maximum absolute atomic E-state index is 11.7. The number of aromatic nitrogens is 1. The van der Waals surface area contributed by atoms with Crippen LogP contribution in [0.4, 0.5) is 0 Å². The van der Waals surface area contributed by atoms with Crippen LogP contribution in [0.15, 0.2) is 63.5 Å². The van der Waals surface area contributed by atoms with Crippen LogP contribution < -0.4 is 0 Å². The Morgan fingerprint density at radius 3 is 2.26 bits per heavy atom. The Morgan fingerprint density at radius 2 is 1.74 bits per heavy atom. The molecule has 0 unspecified atom stereocenters. The van der Waals surface area contributed by atoms with Crippen molar-refractivity contribution in [2.75, 3.05) is 14.2 Å². The number of ketones is 1. The van der Waals surface area contributed by atoms with Crippen LogP contribution in [0.3, 0.4) is 0 Å². The third kappa shape index (κ3) is 9.69. The smallest absolute Gasteiger partial charge is 0.341 e. The molecule has 0 aliphatic rings. The molecule has 6 nitrogen and oxygen atoms in total. The predicted octanol–water partition coefficient (Wildman–Crippen LogP) is 7.25. The first kappa shape index (κ1) is 29.5. The third-order valence-corrected chi connectivity index (χ3v) is 5.17. The number of aryl methyl sites for hydroxylation is 1. The molecule has 0 N–H and O–H groups in total. The van der Waals surface area contributed by atoms with Crippen molar-refractivity contribution in [3.63, 3.8) is 0 Å². The van der Waals surface area contributed by atoms with Crippen LogP contribution in [0.5, 0.6) is 0 Å². The number of hydrogen-bond acceptors (Lipinski definition) is 6. The van der Waals surface area contributed by atoms with E-state index in [0.717, 1.165) is 17.1 Å². The van der Waals surface area contributed by atoms with Crippen molar-refractivity contribution in [3.8, 4) is 11.5 Å². The topological polar surface area (TPSA) is 81.8 Å². The monoisotopic (exact) mass is 478 g/mol. The van der Waals surface area contributed by atoms with Crippen molar-refractivity contribution in [1.82, 2.24) is 4.98 Å². The number of nitrogens with zero attached hydrogens (tertiary/aromatic N) is 2. The summed E-state index contributed by atoms with van der Waals surface area (Å²) in [6, 6.07) is 13.1. The quantitative estimate of drug-likeness (QED) is 0.212. The fraction of sp³-hybridized carbons (Fsp3) is 0.379. The van der Waals surface area contributed by atoms with Gasteiger partial charge in [-0.3, -0.25) is 9.79 Å². The van der Waals surface area contributed by atoms with Gasteiger partial charge in [0.15, 0.2) is 11.4 Å². The summed E-state index contributed by atoms with van der Waals surface area (Å²) in [6.45, 7) is 12.3. The Bertz CT molecular complexity index is 1140. The Kier molecular flexibility index (Phi) is 13.0. The molecule has 3 aromatic rings. The second-order valence-corrected chi connectivity index (χ2v) is 8.37. The molecule has 0 radical (unpaired) electrons. The SMILES string of the molecule is CCC(=O)/C(C)=C/C=NC.CCC(C)C.COC(=O)c1cccc2nc(-c3ccc(C)cc3)oc12. The van der Waals surface area contributed by atoms with Gasteiger partial charge in [0.05, 0.1) is 7.11 Å². The molecule has 1 aromatic heterocycles. The summed E-state index contributed by atoms with van der Waals surface area (Å²) in [5.74, 6) is 1.13. The number of carbonyl (C=O) groups is 2. The largest absolute Gasteiger partial charge is 0.465 e. The normalized spacial score (nSPS) is 11.1. The first-order valence-corrected chi connectivity index (χ1v) is 11.8. The highest BCUT2D eigenvalue weighted by molar-refractivity contribution is 6.01. The summed E-state index contributed by atoms with van der Waals surface area (Å²) in [5, 5.41) is 0. The lowest BCUT2D eigenvalue weighted by Crippen LogP contribution is -2.00. The van der Waals surface area contributed by atoms with Gasteiger partial charge in [-0.1, -0.05) is 57.9 Å². The van der Waals surface area contributed by atoms with E-state index in [2.05, 4.69) is 30.7 Å². The highest BCUT2D eigenvalue weighted by Gasteiger charge is 2.16. The number of aliphatic imine (C=N–C) groups is 1. The van der Waals surface area contributed by atoms with Crippen molar-refractivity contribution < 1.29 is 18.7 Å². The minimum atomic E-state index is -0.429. The molecule has 0 amide bonds. The Labute approximate surface area is 209 Å². The van der Waals surface area contributed by atoms with Gasteiger partial charge in [-0.15, -0.1) is 0 Å². The lowest BCUT2D eigenvalue weighted by Gasteiger charge is -1.98. The lowest BCUT2D eigenvalue weighted by molar-refractivity contribution is -0.115. The molecule has 188 valence electrons. The van der Waals surface area contributed by atoms with E-state index in [1.807, 2.05) is 44.2 Å². The number of fused-ring (bicyclic) bond motifs is 1. The minimum absolute atomic E-state index is 0.180. The van der Waals surface area contributed by atoms with Gasteiger partial charge in [0, 0.05) is 25.2 Å². The third-order valence-electron chi connectivity index (χ3n) is 5.17. The van der Waals surface area contributed by atoms with Gasteiger partial charge in [-0.2, -0.15) is 0 Å². The van der Waals surface area contributed by atoms with Gasteiger partial charge in [-0.25, -0.2) is 9.78 Å². The molecule has 35 heavy (non-hydrogen) atoms. The van der Waals surface area contributed by atoms with E-state index < -0.39 is 5.97 Å². The molecule has 0 saturated carbocycles. The number of Topliss-reactive ketones (excluding diaryl/α,β-unsaturated/α-hetero) is 1. The first-order valence-electron chi connectivity index (χ1n) is 11.8. The van der Waals surface area contributed by atoms with Crippen LogP contribution in [0.2, 0.25) is 0 Å². The molecule has 3 rings (SSSR count). The number of ether oxygens (including phenoxy) is 1. The zero-order chi connectivity index (χ0) is 26.4. The van der Waals surface area contributed by atoms with Gasteiger partial charge < -0.3 is 9.15 Å². The first-order chi connectivity index (χ1) is 16.7. The lowest BCUT2D eigenvalue weighted by atomic mass is 10.1. The standard InChI is InChI=1S/C16H13NO3.C8H13NO.C5H12/c1-10-6-8-11(9-7-10)15-17-13-5-3-4-12(14(13)20-15)16(18)19-2;1-4-8(10)7(2)5-6-9-3;1-4-5(2)3/h3-9H,1-2H3;5-6H,4H2,1-3H3;5H,4H2,1-3H3/b;7-5+,9-6?;. The van der Waals surface area contributed by atoms with Gasteiger partial charge >= 0.3 is 5.97 Å². The fourth-order valence-electron chi connectivity index (χ4n) is 2.60. The summed E-state index contributed by atoms with van der Waals surface area (Å²) in [4.78, 5) is 30.7. The zero-order valence-electron chi connectivity index (χ0n) is 22.2. The van der Waals surface area contributed by atoms with E-state index in [1.54, 1.807) is 38.4 Å². The number of carbonyl (C=O) groups excluding carboxylic acids is 2. The second-order valence-electron chi connectivity index (χ2n) is 8.37. The van der Waals surface area contributed by atoms with E-state index in [-0.39, 0.29) is 5.78 Å². The number of benzene rings is 2. The Balaban J connectivity index is 0.000000343. The second kappa shape index (κ2) is 15.4. The van der Waals surface area contributed by atoms with Gasteiger partial charge in [-0.05, 0) is 55.7 Å². The highest BCUT2D eigenvalue weighted by atomic mass is 16.5. The van der Waals surface area contributed by atoms with E-state index in [9.17, 15) is 9.59 Å². The highest BCUT2D eigenvalue weighted by Crippen LogP contribution is 2.27. The molecule has 1 heterocycles. The molecule has 0 saturated heterocycles. The number of oxazole rings is 1. The number of hydrogen-bond donors (Lipinski definition) is 0. The van der Waals surface area contributed by atoms with Gasteiger partial charge in [0.1, 0.15) is 11.1 Å². The van der Waals surface area contributed by atoms with Crippen molar-refractivity contribution in [3.05, 3.63) is 65.2 Å². The molecule has 6 heteroatoms. The van der Waals surface area contributed by atoms with E-state index in [1.165, 1.54) is 19.1 Å². The molecular weight excluding hydrogens is 440 g/mol. The number of para-hydroxylation sites is 1. The summed E-state index contributed by atoms with van der Waals surface area (Å²) in [7, 11) is 3.03. The molecule has 0 bridgehead atoms. The van der Waals surface area contributed by atoms with Gasteiger partial charge in [0.2, 0.25) is 5.89 Å². The van der Waals surface area contributed by atoms with Crippen LogP contribution in [-0.4, -0.2) is 37.1 Å². The Morgan fingerprint density at radius 1 is 1.11 bits per heavy atom. The average Bonchev–Trinajstić information content (AvgIpc) is 3.31. The maximum Gasteiger partial charge on any atom is 0.341 e. The number of esters is 1.